The van der Waals surface area contributed by atoms with Gasteiger partial charge in [-0.3, -0.25) is 0 Å². The minimum absolute atomic E-state index is 0.158. The number of para-hydroxylation sites is 1. The van der Waals surface area contributed by atoms with Gasteiger partial charge in [-0.25, -0.2) is 9.18 Å². The number of anilines is 1. The molecule has 1 fully saturated rings. The zero-order chi connectivity index (χ0) is 16.2. The van der Waals surface area contributed by atoms with Crippen LogP contribution in [0.25, 0.3) is 0 Å². The molecule has 0 bridgehead atoms. The van der Waals surface area contributed by atoms with Crippen LogP contribution in [0.5, 0.6) is 5.75 Å². The SMILES string of the molecule is COc1ccccc1[C@H]1CCN(C(=O)Nc2ccc(F)cc2)C1. The molecule has 2 aromatic rings. The largest absolute Gasteiger partial charge is 0.496 e. The molecule has 0 aliphatic carbocycles. The molecule has 23 heavy (non-hydrogen) atoms. The Morgan fingerprint density at radius 1 is 1.22 bits per heavy atom. The molecule has 1 aliphatic rings. The summed E-state index contributed by atoms with van der Waals surface area (Å²) >= 11 is 0. The van der Waals surface area contributed by atoms with Crippen molar-refractivity contribution in [3.8, 4) is 5.75 Å². The van der Waals surface area contributed by atoms with E-state index in [0.717, 1.165) is 17.7 Å². The van der Waals surface area contributed by atoms with Crippen molar-refractivity contribution in [2.45, 2.75) is 12.3 Å². The standard InChI is InChI=1S/C18H19FN2O2/c1-23-17-5-3-2-4-16(17)13-10-11-21(12-13)18(22)20-15-8-6-14(19)7-9-15/h2-9,13H,10-12H2,1H3,(H,20,22)/t13-/m0/s1. The number of carbonyl (C=O) groups is 1. The third-order valence-corrected chi connectivity index (χ3v) is 4.15. The van der Waals surface area contributed by atoms with E-state index in [0.29, 0.717) is 18.8 Å². The number of ether oxygens (including phenoxy) is 1. The lowest BCUT2D eigenvalue weighted by Crippen LogP contribution is -2.32. The van der Waals surface area contributed by atoms with E-state index in [1.54, 1.807) is 24.1 Å². The van der Waals surface area contributed by atoms with Crippen LogP contribution in [0.1, 0.15) is 17.9 Å². The fraction of sp³-hybridized carbons (Fsp3) is 0.278. The van der Waals surface area contributed by atoms with Crippen molar-refractivity contribution in [3.63, 3.8) is 0 Å². The summed E-state index contributed by atoms with van der Waals surface area (Å²) in [6, 6.07) is 13.5. The molecule has 1 N–H and O–H groups in total. The Balaban J connectivity index is 1.65. The maximum Gasteiger partial charge on any atom is 0.321 e. The Bertz CT molecular complexity index is 688. The minimum atomic E-state index is -0.319. The second-order valence-electron chi connectivity index (χ2n) is 5.61. The maximum atomic E-state index is 12.9. The molecule has 5 heteroatoms. The summed E-state index contributed by atoms with van der Waals surface area (Å²) in [6.45, 7) is 1.34. The van der Waals surface area contributed by atoms with Gasteiger partial charge in [-0.1, -0.05) is 18.2 Å². The maximum absolute atomic E-state index is 12.9. The number of methoxy groups -OCH3 is 1. The molecular formula is C18H19FN2O2. The van der Waals surface area contributed by atoms with Crippen molar-refractivity contribution in [2.24, 2.45) is 0 Å². The van der Waals surface area contributed by atoms with E-state index < -0.39 is 0 Å². The predicted molar refractivity (Wildman–Crippen MR) is 87.3 cm³/mol. The van der Waals surface area contributed by atoms with Crippen LogP contribution in [-0.4, -0.2) is 31.1 Å². The summed E-state index contributed by atoms with van der Waals surface area (Å²) in [5.74, 6) is 0.809. The first-order valence-electron chi connectivity index (χ1n) is 7.62. The van der Waals surface area contributed by atoms with Crippen LogP contribution in [0.15, 0.2) is 48.5 Å². The van der Waals surface area contributed by atoms with E-state index in [1.807, 2.05) is 24.3 Å². The lowest BCUT2D eigenvalue weighted by atomic mass is 9.97. The lowest BCUT2D eigenvalue weighted by Gasteiger charge is -2.18. The summed E-state index contributed by atoms with van der Waals surface area (Å²) < 4.78 is 18.3. The second-order valence-corrected chi connectivity index (χ2v) is 5.61. The highest BCUT2D eigenvalue weighted by atomic mass is 19.1. The Morgan fingerprint density at radius 3 is 2.70 bits per heavy atom. The monoisotopic (exact) mass is 314 g/mol. The quantitative estimate of drug-likeness (QED) is 0.935. The van der Waals surface area contributed by atoms with Crippen molar-refractivity contribution in [3.05, 3.63) is 59.9 Å². The van der Waals surface area contributed by atoms with Gasteiger partial charge in [-0.2, -0.15) is 0 Å². The predicted octanol–water partition coefficient (Wildman–Crippen LogP) is 3.86. The van der Waals surface area contributed by atoms with E-state index in [2.05, 4.69) is 5.32 Å². The molecule has 2 amide bonds. The molecule has 0 unspecified atom stereocenters. The van der Waals surface area contributed by atoms with E-state index >= 15 is 0 Å². The molecule has 1 atom stereocenters. The molecule has 3 rings (SSSR count). The van der Waals surface area contributed by atoms with Crippen molar-refractivity contribution in [1.29, 1.82) is 0 Å². The van der Waals surface area contributed by atoms with Crippen molar-refractivity contribution >= 4 is 11.7 Å². The van der Waals surface area contributed by atoms with Gasteiger partial charge in [0.2, 0.25) is 0 Å². The Kier molecular flexibility index (Phi) is 4.46. The van der Waals surface area contributed by atoms with Gasteiger partial charge in [-0.15, -0.1) is 0 Å². The minimum Gasteiger partial charge on any atom is -0.496 e. The lowest BCUT2D eigenvalue weighted by molar-refractivity contribution is 0.222. The van der Waals surface area contributed by atoms with Gasteiger partial charge in [0.25, 0.3) is 0 Å². The number of hydrogen-bond donors (Lipinski definition) is 1. The third kappa shape index (κ3) is 3.44. The zero-order valence-electron chi connectivity index (χ0n) is 13.0. The average molecular weight is 314 g/mol. The molecular weight excluding hydrogens is 295 g/mol. The van der Waals surface area contributed by atoms with Gasteiger partial charge in [0, 0.05) is 24.7 Å². The van der Waals surface area contributed by atoms with Crippen molar-refractivity contribution < 1.29 is 13.9 Å². The number of amides is 2. The molecule has 0 radical (unpaired) electrons. The Hall–Kier alpha value is -2.56. The first-order chi connectivity index (χ1) is 11.2. The molecule has 1 aliphatic heterocycles. The molecule has 120 valence electrons. The summed E-state index contributed by atoms with van der Waals surface area (Å²) in [5, 5.41) is 2.80. The number of urea groups is 1. The Labute approximate surface area is 134 Å². The van der Waals surface area contributed by atoms with Gasteiger partial charge < -0.3 is 15.0 Å². The van der Waals surface area contributed by atoms with Crippen LogP contribution in [0.4, 0.5) is 14.9 Å². The van der Waals surface area contributed by atoms with E-state index in [9.17, 15) is 9.18 Å². The van der Waals surface area contributed by atoms with Gasteiger partial charge in [0.05, 0.1) is 7.11 Å². The highest BCUT2D eigenvalue weighted by molar-refractivity contribution is 5.89. The molecule has 0 aromatic heterocycles. The summed E-state index contributed by atoms with van der Waals surface area (Å²) in [7, 11) is 1.66. The van der Waals surface area contributed by atoms with Crippen LogP contribution >= 0.6 is 0 Å². The topological polar surface area (TPSA) is 41.6 Å². The molecule has 0 spiro atoms. The molecule has 1 saturated heterocycles. The number of benzene rings is 2. The summed E-state index contributed by atoms with van der Waals surface area (Å²) in [6.07, 6.45) is 0.900. The molecule has 0 saturated carbocycles. The highest BCUT2D eigenvalue weighted by Gasteiger charge is 2.29. The number of likely N-dealkylation sites (tertiary alicyclic amines) is 1. The normalized spacial score (nSPS) is 17.1. The van der Waals surface area contributed by atoms with Gasteiger partial charge >= 0.3 is 6.03 Å². The Morgan fingerprint density at radius 2 is 1.96 bits per heavy atom. The average Bonchev–Trinajstić information content (AvgIpc) is 3.07. The first kappa shape index (κ1) is 15.3. The fourth-order valence-corrected chi connectivity index (χ4v) is 2.94. The third-order valence-electron chi connectivity index (χ3n) is 4.15. The number of rotatable bonds is 3. The first-order valence-corrected chi connectivity index (χ1v) is 7.62. The van der Waals surface area contributed by atoms with E-state index in [1.165, 1.54) is 12.1 Å². The number of nitrogens with zero attached hydrogens (tertiary/aromatic N) is 1. The summed E-state index contributed by atoms with van der Waals surface area (Å²) in [5.41, 5.74) is 1.73. The van der Waals surface area contributed by atoms with E-state index in [-0.39, 0.29) is 17.8 Å². The smallest absolute Gasteiger partial charge is 0.321 e. The van der Waals surface area contributed by atoms with Gasteiger partial charge in [0.1, 0.15) is 11.6 Å². The summed E-state index contributed by atoms with van der Waals surface area (Å²) in [4.78, 5) is 14.1. The number of hydrogen-bond acceptors (Lipinski definition) is 2. The number of halogens is 1. The fourth-order valence-electron chi connectivity index (χ4n) is 2.94. The van der Waals surface area contributed by atoms with E-state index in [4.69, 9.17) is 4.74 Å². The number of carbonyl (C=O) groups excluding carboxylic acids is 1. The second kappa shape index (κ2) is 6.69. The van der Waals surface area contributed by atoms with Crippen LogP contribution in [0, 0.1) is 5.82 Å². The van der Waals surface area contributed by atoms with Crippen LogP contribution < -0.4 is 10.1 Å². The van der Waals surface area contributed by atoms with Crippen molar-refractivity contribution in [1.82, 2.24) is 4.90 Å². The number of nitrogens with one attached hydrogen (secondary N) is 1. The van der Waals surface area contributed by atoms with Crippen molar-refractivity contribution in [2.75, 3.05) is 25.5 Å². The zero-order valence-corrected chi connectivity index (χ0v) is 13.0. The highest BCUT2D eigenvalue weighted by Crippen LogP contribution is 2.33. The molecule has 1 heterocycles. The van der Waals surface area contributed by atoms with Gasteiger partial charge in [-0.05, 0) is 42.3 Å². The van der Waals surface area contributed by atoms with Crippen LogP contribution in [-0.2, 0) is 0 Å². The molecule has 2 aromatic carbocycles. The van der Waals surface area contributed by atoms with Crippen LogP contribution in [0.3, 0.4) is 0 Å². The van der Waals surface area contributed by atoms with Crippen LogP contribution in [0.2, 0.25) is 0 Å². The molecule has 4 nitrogen and oxygen atoms in total. The van der Waals surface area contributed by atoms with Gasteiger partial charge in [0.15, 0.2) is 0 Å².